The van der Waals surface area contributed by atoms with Crippen molar-refractivity contribution in [2.24, 2.45) is 11.8 Å². The summed E-state index contributed by atoms with van der Waals surface area (Å²) < 4.78 is 5.84. The van der Waals surface area contributed by atoms with E-state index in [0.717, 1.165) is 24.2 Å². The van der Waals surface area contributed by atoms with Crippen molar-refractivity contribution in [1.82, 2.24) is 10.6 Å². The molecule has 2 aliphatic heterocycles. The fraction of sp³-hybridized carbons (Fsp3) is 0.579. The first-order valence-electron chi connectivity index (χ1n) is 8.66. The normalized spacial score (nSPS) is 27.8. The highest BCUT2D eigenvalue weighted by atomic mass is 16.5. The summed E-state index contributed by atoms with van der Waals surface area (Å²) in [4.78, 5) is 24.6. The van der Waals surface area contributed by atoms with Crippen LogP contribution in [0.25, 0.3) is 0 Å². The predicted molar refractivity (Wildman–Crippen MR) is 92.1 cm³/mol. The number of nitrogens with one attached hydrogen (secondary N) is 2. The predicted octanol–water partition coefficient (Wildman–Crippen LogP) is 2.29. The van der Waals surface area contributed by atoms with Crippen LogP contribution in [0.1, 0.15) is 50.0 Å². The van der Waals surface area contributed by atoms with E-state index in [1.54, 1.807) is 6.07 Å². The Bertz CT molecular complexity index is 669. The zero-order valence-electron chi connectivity index (χ0n) is 14.8. The summed E-state index contributed by atoms with van der Waals surface area (Å²) in [6.45, 7) is 8.53. The second-order valence-electron chi connectivity index (χ2n) is 7.80. The molecule has 3 unspecified atom stereocenters. The van der Waals surface area contributed by atoms with Crippen LogP contribution in [0.2, 0.25) is 0 Å². The van der Waals surface area contributed by atoms with Crippen LogP contribution in [0, 0.1) is 11.8 Å². The Balaban J connectivity index is 1.63. The summed E-state index contributed by atoms with van der Waals surface area (Å²) in [5.74, 6) is 0.850. The summed E-state index contributed by atoms with van der Waals surface area (Å²) in [5, 5.41) is 5.88. The second-order valence-corrected chi connectivity index (χ2v) is 7.80. The molecule has 0 aliphatic carbocycles. The van der Waals surface area contributed by atoms with Crippen LogP contribution >= 0.6 is 0 Å². The van der Waals surface area contributed by atoms with Gasteiger partial charge in [0, 0.05) is 24.6 Å². The zero-order valence-corrected chi connectivity index (χ0v) is 14.8. The number of benzene rings is 1. The van der Waals surface area contributed by atoms with E-state index in [0.29, 0.717) is 12.1 Å². The minimum atomic E-state index is -0.219. The number of amides is 2. The van der Waals surface area contributed by atoms with Crippen molar-refractivity contribution in [2.45, 2.75) is 52.2 Å². The molecule has 0 bridgehead atoms. The van der Waals surface area contributed by atoms with Crippen LogP contribution in [0.5, 0.6) is 5.75 Å². The summed E-state index contributed by atoms with van der Waals surface area (Å²) in [7, 11) is 0. The molecule has 1 aromatic carbocycles. The molecule has 3 rings (SSSR count). The Morgan fingerprint density at radius 3 is 2.83 bits per heavy atom. The molecule has 0 radical (unpaired) electrons. The van der Waals surface area contributed by atoms with Gasteiger partial charge in [-0.1, -0.05) is 6.92 Å². The Morgan fingerprint density at radius 1 is 1.38 bits per heavy atom. The lowest BCUT2D eigenvalue weighted by atomic mass is 9.84. The molecule has 130 valence electrons. The van der Waals surface area contributed by atoms with Gasteiger partial charge in [0.15, 0.2) is 0 Å². The van der Waals surface area contributed by atoms with Crippen LogP contribution in [0.3, 0.4) is 0 Å². The quantitative estimate of drug-likeness (QED) is 0.893. The van der Waals surface area contributed by atoms with Crippen molar-refractivity contribution in [1.29, 1.82) is 0 Å². The number of fused-ring (bicyclic) bond motifs is 1. The van der Waals surface area contributed by atoms with Crippen LogP contribution in [0.15, 0.2) is 18.2 Å². The molecule has 5 nitrogen and oxygen atoms in total. The second kappa shape index (κ2) is 6.11. The number of hydrogen-bond acceptors (Lipinski definition) is 3. The Hall–Kier alpha value is -2.04. The molecule has 0 saturated carbocycles. The molecule has 1 saturated heterocycles. The number of carbonyl (C=O) groups is 2. The summed E-state index contributed by atoms with van der Waals surface area (Å²) in [6.07, 6.45) is 1.74. The molecule has 0 spiro atoms. The lowest BCUT2D eigenvalue weighted by Gasteiger charge is -2.32. The van der Waals surface area contributed by atoms with Crippen molar-refractivity contribution < 1.29 is 14.3 Å². The van der Waals surface area contributed by atoms with Crippen molar-refractivity contribution in [3.63, 3.8) is 0 Å². The monoisotopic (exact) mass is 330 g/mol. The van der Waals surface area contributed by atoms with Gasteiger partial charge in [-0.25, -0.2) is 0 Å². The van der Waals surface area contributed by atoms with E-state index < -0.39 is 0 Å². The molecular formula is C19H26N2O3. The van der Waals surface area contributed by atoms with Gasteiger partial charge in [0.2, 0.25) is 5.91 Å². The van der Waals surface area contributed by atoms with Gasteiger partial charge in [0.25, 0.3) is 5.91 Å². The molecule has 2 N–H and O–H groups in total. The van der Waals surface area contributed by atoms with E-state index >= 15 is 0 Å². The Morgan fingerprint density at radius 2 is 2.12 bits per heavy atom. The van der Waals surface area contributed by atoms with Crippen molar-refractivity contribution >= 4 is 11.8 Å². The van der Waals surface area contributed by atoms with E-state index in [1.165, 1.54) is 0 Å². The zero-order chi connectivity index (χ0) is 17.5. The molecule has 2 heterocycles. The maximum Gasteiger partial charge on any atom is 0.251 e. The highest BCUT2D eigenvalue weighted by molar-refractivity contribution is 5.95. The van der Waals surface area contributed by atoms with Gasteiger partial charge in [-0.05, 0) is 56.9 Å². The number of hydrogen-bond donors (Lipinski definition) is 2. The smallest absolute Gasteiger partial charge is 0.251 e. The van der Waals surface area contributed by atoms with E-state index in [-0.39, 0.29) is 35.3 Å². The van der Waals surface area contributed by atoms with Crippen molar-refractivity contribution in [3.05, 3.63) is 29.3 Å². The lowest BCUT2D eigenvalue weighted by Crippen LogP contribution is -2.50. The summed E-state index contributed by atoms with van der Waals surface area (Å²) in [6, 6.07) is 5.74. The number of ether oxygens (including phenoxy) is 1. The van der Waals surface area contributed by atoms with Crippen LogP contribution < -0.4 is 15.4 Å². The molecule has 3 atom stereocenters. The number of piperidine rings is 1. The van der Waals surface area contributed by atoms with Gasteiger partial charge in [-0.3, -0.25) is 9.59 Å². The summed E-state index contributed by atoms with van der Waals surface area (Å²) >= 11 is 0. The van der Waals surface area contributed by atoms with E-state index in [9.17, 15) is 9.59 Å². The van der Waals surface area contributed by atoms with Crippen LogP contribution in [-0.4, -0.2) is 30.0 Å². The van der Waals surface area contributed by atoms with Crippen LogP contribution in [0.4, 0.5) is 0 Å². The standard InChI is InChI=1S/C19H26N2O3/c1-11-7-12(2)21-18(23)15(11)10-20-17(22)13-5-6-16-14(8-13)9-19(3,4)24-16/h5-6,8,11-12,15H,7,9-10H2,1-4H3,(H,20,22)(H,21,23). The molecule has 1 fully saturated rings. The van der Waals surface area contributed by atoms with E-state index in [4.69, 9.17) is 4.74 Å². The third-order valence-electron chi connectivity index (χ3n) is 4.95. The van der Waals surface area contributed by atoms with Gasteiger partial charge in [-0.2, -0.15) is 0 Å². The van der Waals surface area contributed by atoms with Crippen molar-refractivity contribution in [2.75, 3.05) is 6.54 Å². The first-order valence-corrected chi connectivity index (χ1v) is 8.66. The third-order valence-corrected chi connectivity index (χ3v) is 4.95. The molecule has 2 aliphatic rings. The first kappa shape index (κ1) is 16.8. The van der Waals surface area contributed by atoms with Gasteiger partial charge >= 0.3 is 0 Å². The highest BCUT2D eigenvalue weighted by Gasteiger charge is 2.33. The Labute approximate surface area is 143 Å². The SMILES string of the molecule is CC1CC(C)C(CNC(=O)c2ccc3c(c2)CC(C)(C)O3)C(=O)N1. The van der Waals surface area contributed by atoms with Crippen molar-refractivity contribution in [3.8, 4) is 5.75 Å². The number of carbonyl (C=O) groups excluding carboxylic acids is 2. The van der Waals surface area contributed by atoms with Gasteiger partial charge in [0.1, 0.15) is 11.4 Å². The van der Waals surface area contributed by atoms with Gasteiger partial charge < -0.3 is 15.4 Å². The third kappa shape index (κ3) is 3.40. The highest BCUT2D eigenvalue weighted by Crippen LogP contribution is 2.35. The van der Waals surface area contributed by atoms with Crippen LogP contribution in [-0.2, 0) is 11.2 Å². The largest absolute Gasteiger partial charge is 0.487 e. The first-order chi connectivity index (χ1) is 11.2. The number of rotatable bonds is 3. The minimum absolute atomic E-state index is 0.0330. The lowest BCUT2D eigenvalue weighted by molar-refractivity contribution is -0.129. The molecule has 2 amide bonds. The van der Waals surface area contributed by atoms with E-state index in [2.05, 4.69) is 17.6 Å². The molecule has 1 aromatic rings. The molecule has 5 heteroatoms. The maximum absolute atomic E-state index is 12.4. The molecular weight excluding hydrogens is 304 g/mol. The fourth-order valence-corrected chi connectivity index (χ4v) is 3.74. The maximum atomic E-state index is 12.4. The summed E-state index contributed by atoms with van der Waals surface area (Å²) in [5.41, 5.74) is 1.46. The van der Waals surface area contributed by atoms with E-state index in [1.807, 2.05) is 32.9 Å². The Kier molecular flexibility index (Phi) is 4.28. The minimum Gasteiger partial charge on any atom is -0.487 e. The average Bonchev–Trinajstić information content (AvgIpc) is 2.78. The topological polar surface area (TPSA) is 67.4 Å². The molecule has 24 heavy (non-hydrogen) atoms. The van der Waals surface area contributed by atoms with Gasteiger partial charge in [0.05, 0.1) is 5.92 Å². The molecule has 0 aromatic heterocycles. The average molecular weight is 330 g/mol. The fourth-order valence-electron chi connectivity index (χ4n) is 3.74. The van der Waals surface area contributed by atoms with Gasteiger partial charge in [-0.15, -0.1) is 0 Å².